The second-order valence-electron chi connectivity index (χ2n) is 5.36. The van der Waals surface area contributed by atoms with Gasteiger partial charge >= 0.3 is 0 Å². The van der Waals surface area contributed by atoms with E-state index < -0.39 is 0 Å². The minimum atomic E-state index is -0.135. The standard InChI is InChI=1S/C16H17ClN2O2/c1-21-14-7-6-10(8-12(14)17)9-13-16(20)19-15(18-13)11-4-2-3-5-11/h6-9,11H,2-5H2,1H3,(H,18,19,20)/b13-9+. The number of hydrogen-bond acceptors (Lipinski definition) is 3. The van der Waals surface area contributed by atoms with Gasteiger partial charge in [-0.3, -0.25) is 4.79 Å². The number of hydrogen-bond donors (Lipinski definition) is 1. The number of amidine groups is 1. The third-order valence-corrected chi connectivity index (χ3v) is 4.23. The average Bonchev–Trinajstić information content (AvgIpc) is 3.10. The number of aliphatic imine (C=N–C) groups is 1. The van der Waals surface area contributed by atoms with E-state index in [9.17, 15) is 4.79 Å². The van der Waals surface area contributed by atoms with E-state index in [4.69, 9.17) is 16.3 Å². The van der Waals surface area contributed by atoms with E-state index in [0.717, 1.165) is 24.2 Å². The Morgan fingerprint density at radius 1 is 1.38 bits per heavy atom. The maximum absolute atomic E-state index is 12.0. The van der Waals surface area contributed by atoms with Gasteiger partial charge in [-0.05, 0) is 36.6 Å². The van der Waals surface area contributed by atoms with Gasteiger partial charge in [-0.25, -0.2) is 4.99 Å². The number of methoxy groups -OCH3 is 1. The summed E-state index contributed by atoms with van der Waals surface area (Å²) in [5.74, 6) is 1.70. The zero-order chi connectivity index (χ0) is 14.8. The van der Waals surface area contributed by atoms with Crippen molar-refractivity contribution in [2.45, 2.75) is 25.7 Å². The number of benzene rings is 1. The molecule has 0 aromatic heterocycles. The normalized spacial score (nSPS) is 20.8. The minimum absolute atomic E-state index is 0.135. The van der Waals surface area contributed by atoms with E-state index in [-0.39, 0.29) is 5.91 Å². The molecule has 0 radical (unpaired) electrons. The first-order valence-electron chi connectivity index (χ1n) is 7.12. The van der Waals surface area contributed by atoms with Crippen molar-refractivity contribution in [2.24, 2.45) is 10.9 Å². The Kier molecular flexibility index (Phi) is 3.97. The lowest BCUT2D eigenvalue weighted by molar-refractivity contribution is -0.115. The van der Waals surface area contributed by atoms with Gasteiger partial charge in [0, 0.05) is 5.92 Å². The first-order valence-corrected chi connectivity index (χ1v) is 7.50. The average molecular weight is 305 g/mol. The van der Waals surface area contributed by atoms with Crippen LogP contribution in [0.2, 0.25) is 5.02 Å². The van der Waals surface area contributed by atoms with Crippen LogP contribution in [-0.2, 0) is 4.79 Å². The summed E-state index contributed by atoms with van der Waals surface area (Å²) in [5.41, 5.74) is 1.28. The van der Waals surface area contributed by atoms with Crippen LogP contribution >= 0.6 is 11.6 Å². The molecule has 1 aliphatic carbocycles. The lowest BCUT2D eigenvalue weighted by atomic mass is 10.1. The molecule has 1 N–H and O–H groups in total. The molecule has 0 saturated heterocycles. The van der Waals surface area contributed by atoms with Crippen molar-refractivity contribution in [3.8, 4) is 5.75 Å². The van der Waals surface area contributed by atoms with Crippen LogP contribution in [0.3, 0.4) is 0 Å². The van der Waals surface area contributed by atoms with Crippen LogP contribution in [0, 0.1) is 5.92 Å². The molecule has 2 aliphatic rings. The zero-order valence-electron chi connectivity index (χ0n) is 11.9. The number of carbonyl (C=O) groups is 1. The molecular weight excluding hydrogens is 288 g/mol. The molecule has 0 atom stereocenters. The summed E-state index contributed by atoms with van der Waals surface area (Å²) >= 11 is 6.09. The van der Waals surface area contributed by atoms with Crippen molar-refractivity contribution in [1.82, 2.24) is 5.32 Å². The molecule has 3 rings (SSSR count). The van der Waals surface area contributed by atoms with E-state index in [1.54, 1.807) is 25.3 Å². The monoisotopic (exact) mass is 304 g/mol. The number of carbonyl (C=O) groups excluding carboxylic acids is 1. The fourth-order valence-corrected chi connectivity index (χ4v) is 3.08. The van der Waals surface area contributed by atoms with Crippen molar-refractivity contribution >= 4 is 29.4 Å². The van der Waals surface area contributed by atoms with Gasteiger partial charge in [0.15, 0.2) is 0 Å². The first-order chi connectivity index (χ1) is 10.2. The van der Waals surface area contributed by atoms with E-state index in [0.29, 0.717) is 22.4 Å². The largest absolute Gasteiger partial charge is 0.495 e. The topological polar surface area (TPSA) is 50.7 Å². The van der Waals surface area contributed by atoms with Gasteiger partial charge in [-0.15, -0.1) is 0 Å². The number of ether oxygens (including phenoxy) is 1. The van der Waals surface area contributed by atoms with Crippen LogP contribution in [0.25, 0.3) is 6.08 Å². The SMILES string of the molecule is COc1ccc(/C=C2/N=C(C3CCCC3)NC2=O)cc1Cl. The predicted molar refractivity (Wildman–Crippen MR) is 83.5 cm³/mol. The summed E-state index contributed by atoms with van der Waals surface area (Å²) in [6, 6.07) is 5.40. The maximum Gasteiger partial charge on any atom is 0.275 e. The predicted octanol–water partition coefficient (Wildman–Crippen LogP) is 3.41. The summed E-state index contributed by atoms with van der Waals surface area (Å²) in [6.07, 6.45) is 6.41. The third-order valence-electron chi connectivity index (χ3n) is 3.94. The second kappa shape index (κ2) is 5.90. The Morgan fingerprint density at radius 3 is 2.81 bits per heavy atom. The molecule has 1 aliphatic heterocycles. The van der Waals surface area contributed by atoms with Crippen molar-refractivity contribution < 1.29 is 9.53 Å². The second-order valence-corrected chi connectivity index (χ2v) is 5.76. The van der Waals surface area contributed by atoms with Crippen LogP contribution in [0.5, 0.6) is 5.75 Å². The highest BCUT2D eigenvalue weighted by Gasteiger charge is 2.28. The number of halogens is 1. The van der Waals surface area contributed by atoms with Gasteiger partial charge in [-0.1, -0.05) is 30.5 Å². The molecule has 0 bridgehead atoms. The number of nitrogens with one attached hydrogen (secondary N) is 1. The zero-order valence-corrected chi connectivity index (χ0v) is 12.6. The molecule has 5 heteroatoms. The molecule has 1 aromatic carbocycles. The highest BCUT2D eigenvalue weighted by Crippen LogP contribution is 2.29. The summed E-state index contributed by atoms with van der Waals surface area (Å²) in [6.45, 7) is 0. The molecule has 21 heavy (non-hydrogen) atoms. The maximum atomic E-state index is 12.0. The van der Waals surface area contributed by atoms with Crippen LogP contribution in [0.4, 0.5) is 0 Å². The van der Waals surface area contributed by atoms with Crippen molar-refractivity contribution in [3.05, 3.63) is 34.5 Å². The minimum Gasteiger partial charge on any atom is -0.495 e. The Bertz CT molecular complexity index is 631. The molecule has 1 saturated carbocycles. The summed E-state index contributed by atoms with van der Waals surface area (Å²) in [7, 11) is 1.57. The molecular formula is C16H17ClN2O2. The smallest absolute Gasteiger partial charge is 0.275 e. The van der Waals surface area contributed by atoms with E-state index in [1.807, 2.05) is 6.07 Å². The van der Waals surface area contributed by atoms with Crippen molar-refractivity contribution in [3.63, 3.8) is 0 Å². The molecule has 1 fully saturated rings. The van der Waals surface area contributed by atoms with Crippen molar-refractivity contribution in [2.75, 3.05) is 7.11 Å². The van der Waals surface area contributed by atoms with E-state index >= 15 is 0 Å². The summed E-state index contributed by atoms with van der Waals surface area (Å²) in [4.78, 5) is 16.5. The lowest BCUT2D eigenvalue weighted by Gasteiger charge is -2.06. The van der Waals surface area contributed by atoms with Gasteiger partial charge in [0.1, 0.15) is 17.3 Å². The fraction of sp³-hybridized carbons (Fsp3) is 0.375. The Hall–Kier alpha value is -1.81. The molecule has 4 nitrogen and oxygen atoms in total. The number of nitrogens with zero attached hydrogens (tertiary/aromatic N) is 1. The molecule has 1 amide bonds. The van der Waals surface area contributed by atoms with Crippen LogP contribution in [-0.4, -0.2) is 18.9 Å². The van der Waals surface area contributed by atoms with Gasteiger partial charge < -0.3 is 10.1 Å². The van der Waals surface area contributed by atoms with E-state index in [2.05, 4.69) is 10.3 Å². The van der Waals surface area contributed by atoms with Crippen LogP contribution in [0.15, 0.2) is 28.9 Å². The Balaban J connectivity index is 1.85. The first kappa shape index (κ1) is 14.1. The molecule has 1 heterocycles. The van der Waals surface area contributed by atoms with Gasteiger partial charge in [0.25, 0.3) is 5.91 Å². The van der Waals surface area contributed by atoms with Gasteiger partial charge in [0.05, 0.1) is 12.1 Å². The van der Waals surface area contributed by atoms with E-state index in [1.165, 1.54) is 12.8 Å². The van der Waals surface area contributed by atoms with Crippen LogP contribution < -0.4 is 10.1 Å². The van der Waals surface area contributed by atoms with Crippen molar-refractivity contribution in [1.29, 1.82) is 0 Å². The molecule has 110 valence electrons. The highest BCUT2D eigenvalue weighted by molar-refractivity contribution is 6.32. The van der Waals surface area contributed by atoms with Gasteiger partial charge in [0.2, 0.25) is 0 Å². The molecule has 1 aromatic rings. The number of rotatable bonds is 3. The molecule has 0 unspecified atom stereocenters. The lowest BCUT2D eigenvalue weighted by Crippen LogP contribution is -2.29. The number of amides is 1. The Labute approximate surface area is 128 Å². The molecule has 0 spiro atoms. The highest BCUT2D eigenvalue weighted by atomic mass is 35.5. The van der Waals surface area contributed by atoms with Crippen LogP contribution in [0.1, 0.15) is 31.2 Å². The Morgan fingerprint density at radius 2 is 2.14 bits per heavy atom. The quantitative estimate of drug-likeness (QED) is 0.870. The van der Waals surface area contributed by atoms with Gasteiger partial charge in [-0.2, -0.15) is 0 Å². The fourth-order valence-electron chi connectivity index (χ4n) is 2.81. The summed E-state index contributed by atoms with van der Waals surface area (Å²) < 4.78 is 5.12. The summed E-state index contributed by atoms with van der Waals surface area (Å²) in [5, 5.41) is 3.41. The third kappa shape index (κ3) is 2.95.